The van der Waals surface area contributed by atoms with Crippen LogP contribution >= 0.6 is 23.1 Å². The van der Waals surface area contributed by atoms with E-state index in [1.165, 1.54) is 39.8 Å². The molecule has 0 radical (unpaired) electrons. The third kappa shape index (κ3) is 3.58. The molecule has 3 nitrogen and oxygen atoms in total. The number of benzene rings is 2. The monoisotopic (exact) mass is 404 g/mol. The van der Waals surface area contributed by atoms with Crippen molar-refractivity contribution in [2.45, 2.75) is 36.8 Å². The highest BCUT2D eigenvalue weighted by Crippen LogP contribution is 2.45. The van der Waals surface area contributed by atoms with Crippen molar-refractivity contribution in [2.75, 3.05) is 5.32 Å². The van der Waals surface area contributed by atoms with E-state index in [-0.39, 0.29) is 11.2 Å². The fourth-order valence-electron chi connectivity index (χ4n) is 3.44. The largest absolute Gasteiger partial charge is 0.316 e. The van der Waals surface area contributed by atoms with Gasteiger partial charge in [-0.2, -0.15) is 5.26 Å². The number of thioether (sulfide) groups is 1. The van der Waals surface area contributed by atoms with Crippen molar-refractivity contribution in [3.63, 3.8) is 0 Å². The summed E-state index contributed by atoms with van der Waals surface area (Å²) in [6, 6.07) is 18.8. The minimum absolute atomic E-state index is 0.0750. The van der Waals surface area contributed by atoms with E-state index in [2.05, 4.69) is 29.6 Å². The number of fused-ring (bicyclic) bond motifs is 3. The Morgan fingerprint density at radius 1 is 1.18 bits per heavy atom. The molecular formula is C23H20N2OS2. The lowest BCUT2D eigenvalue weighted by Gasteiger charge is -2.15. The highest BCUT2D eigenvalue weighted by atomic mass is 32.2. The van der Waals surface area contributed by atoms with Gasteiger partial charge in [0.05, 0.1) is 10.8 Å². The van der Waals surface area contributed by atoms with Crippen LogP contribution in [-0.4, -0.2) is 11.2 Å². The van der Waals surface area contributed by atoms with Crippen LogP contribution in [0.2, 0.25) is 0 Å². The molecule has 5 heteroatoms. The zero-order valence-corrected chi connectivity index (χ0v) is 17.4. The maximum atomic E-state index is 12.8. The maximum Gasteiger partial charge on any atom is 0.238 e. The molecule has 2 aromatic carbocycles. The van der Waals surface area contributed by atoms with Gasteiger partial charge in [0.2, 0.25) is 5.91 Å². The second-order valence-corrected chi connectivity index (χ2v) is 9.38. The van der Waals surface area contributed by atoms with Gasteiger partial charge in [-0.25, -0.2) is 0 Å². The van der Waals surface area contributed by atoms with Crippen LogP contribution in [0.4, 0.5) is 5.00 Å². The Morgan fingerprint density at radius 3 is 2.68 bits per heavy atom. The molecule has 140 valence electrons. The molecule has 0 bridgehead atoms. The van der Waals surface area contributed by atoms with E-state index in [0.29, 0.717) is 10.6 Å². The highest BCUT2D eigenvalue weighted by Gasteiger charge is 2.26. The van der Waals surface area contributed by atoms with Gasteiger partial charge in [0.25, 0.3) is 0 Å². The van der Waals surface area contributed by atoms with Crippen LogP contribution in [0.15, 0.2) is 53.4 Å². The minimum Gasteiger partial charge on any atom is -0.316 e. The Kier molecular flexibility index (Phi) is 5.25. The molecule has 1 aromatic heterocycles. The molecule has 1 unspecified atom stereocenters. The number of nitrogens with one attached hydrogen (secondary N) is 1. The number of rotatable bonds is 4. The molecule has 1 atom stereocenters. The predicted octanol–water partition coefficient (Wildman–Crippen LogP) is 5.81. The van der Waals surface area contributed by atoms with Gasteiger partial charge in [-0.05, 0) is 55.5 Å². The van der Waals surface area contributed by atoms with Crippen molar-refractivity contribution in [3.8, 4) is 16.5 Å². The van der Waals surface area contributed by atoms with Crippen molar-refractivity contribution < 1.29 is 4.79 Å². The van der Waals surface area contributed by atoms with Crippen molar-refractivity contribution in [2.24, 2.45) is 0 Å². The van der Waals surface area contributed by atoms with Crippen molar-refractivity contribution in [1.29, 1.82) is 5.26 Å². The quantitative estimate of drug-likeness (QED) is 0.558. The number of hydrogen-bond donors (Lipinski definition) is 1. The third-order valence-corrected chi connectivity index (χ3v) is 7.26. The van der Waals surface area contributed by atoms with Gasteiger partial charge < -0.3 is 5.32 Å². The smallest absolute Gasteiger partial charge is 0.238 e. The van der Waals surface area contributed by atoms with E-state index in [1.54, 1.807) is 0 Å². The molecule has 4 rings (SSSR count). The number of anilines is 1. The van der Waals surface area contributed by atoms with Crippen LogP contribution in [-0.2, 0) is 17.6 Å². The first-order valence-electron chi connectivity index (χ1n) is 9.25. The summed E-state index contributed by atoms with van der Waals surface area (Å²) in [5.41, 5.74) is 5.38. The van der Waals surface area contributed by atoms with E-state index in [0.717, 1.165) is 28.2 Å². The van der Waals surface area contributed by atoms with Crippen LogP contribution in [0.1, 0.15) is 29.2 Å². The molecule has 1 amide bonds. The zero-order valence-electron chi connectivity index (χ0n) is 15.8. The third-order valence-electron chi connectivity index (χ3n) is 4.96. The van der Waals surface area contributed by atoms with Crippen molar-refractivity contribution in [3.05, 3.63) is 70.8 Å². The molecule has 1 heterocycles. The fraction of sp³-hybridized carbons (Fsp3) is 0.217. The topological polar surface area (TPSA) is 52.9 Å². The Labute approximate surface area is 173 Å². The Balaban J connectivity index is 1.57. The maximum absolute atomic E-state index is 12.8. The van der Waals surface area contributed by atoms with E-state index in [4.69, 9.17) is 0 Å². The summed E-state index contributed by atoms with van der Waals surface area (Å²) in [4.78, 5) is 15.0. The number of nitrogens with zero attached hydrogens (tertiary/aromatic N) is 1. The van der Waals surface area contributed by atoms with Gasteiger partial charge in [-0.3, -0.25) is 4.79 Å². The molecular weight excluding hydrogens is 384 g/mol. The molecule has 0 saturated heterocycles. The van der Waals surface area contributed by atoms with Crippen LogP contribution in [0.3, 0.4) is 0 Å². The molecule has 28 heavy (non-hydrogen) atoms. The molecule has 1 aliphatic carbocycles. The first-order chi connectivity index (χ1) is 13.6. The van der Waals surface area contributed by atoms with E-state index in [1.807, 2.05) is 44.2 Å². The number of carbonyl (C=O) groups is 1. The molecule has 1 aliphatic rings. The molecule has 0 aliphatic heterocycles. The average Bonchev–Trinajstić information content (AvgIpc) is 3.07. The minimum atomic E-state index is -0.249. The van der Waals surface area contributed by atoms with E-state index >= 15 is 0 Å². The summed E-state index contributed by atoms with van der Waals surface area (Å²) in [6.45, 7) is 3.94. The van der Waals surface area contributed by atoms with Crippen molar-refractivity contribution in [1.82, 2.24) is 0 Å². The second kappa shape index (κ2) is 7.83. The number of aryl methyl sites for hydroxylation is 2. The normalized spacial score (nSPS) is 13.2. The van der Waals surface area contributed by atoms with Crippen LogP contribution in [0, 0.1) is 18.3 Å². The molecule has 3 aromatic rings. The van der Waals surface area contributed by atoms with Gasteiger partial charge in [-0.1, -0.05) is 42.0 Å². The van der Waals surface area contributed by atoms with Gasteiger partial charge in [0.1, 0.15) is 11.1 Å². The lowest BCUT2D eigenvalue weighted by atomic mass is 9.90. The second-order valence-electron chi connectivity index (χ2n) is 6.95. The number of hydrogen-bond acceptors (Lipinski definition) is 4. The molecule has 0 saturated carbocycles. The van der Waals surface area contributed by atoms with Gasteiger partial charge >= 0.3 is 0 Å². The van der Waals surface area contributed by atoms with Gasteiger partial charge in [-0.15, -0.1) is 23.1 Å². The summed E-state index contributed by atoms with van der Waals surface area (Å²) in [7, 11) is 0. The SMILES string of the molecule is Cc1ccc(SC(C)C(=O)Nc2sc3c(c2C#N)CCc2ccccc2-3)cc1. The summed E-state index contributed by atoms with van der Waals surface area (Å²) in [5.74, 6) is -0.0750. The predicted molar refractivity (Wildman–Crippen MR) is 117 cm³/mol. The van der Waals surface area contributed by atoms with E-state index in [9.17, 15) is 10.1 Å². The summed E-state index contributed by atoms with van der Waals surface area (Å²) in [5, 5.41) is 13.2. The van der Waals surface area contributed by atoms with Crippen LogP contribution in [0.25, 0.3) is 10.4 Å². The Bertz CT molecular complexity index is 1080. The average molecular weight is 405 g/mol. The van der Waals surface area contributed by atoms with E-state index < -0.39 is 0 Å². The van der Waals surface area contributed by atoms with Crippen LogP contribution < -0.4 is 5.32 Å². The summed E-state index contributed by atoms with van der Waals surface area (Å²) >= 11 is 3.05. The van der Waals surface area contributed by atoms with Gasteiger partial charge in [0, 0.05) is 9.77 Å². The lowest BCUT2D eigenvalue weighted by Crippen LogP contribution is -2.22. The van der Waals surface area contributed by atoms with Crippen LogP contribution in [0.5, 0.6) is 0 Å². The fourth-order valence-corrected chi connectivity index (χ4v) is 5.57. The first kappa shape index (κ1) is 18.8. The zero-order chi connectivity index (χ0) is 19.7. The van der Waals surface area contributed by atoms with Crippen molar-refractivity contribution >= 4 is 34.0 Å². The Hall–Kier alpha value is -2.55. The molecule has 0 spiro atoms. The number of nitriles is 1. The number of carbonyl (C=O) groups excluding carboxylic acids is 1. The standard InChI is InChI=1S/C23H20N2OS2/c1-14-7-10-17(11-8-14)27-15(2)22(26)25-23-20(13-24)19-12-9-16-5-3-4-6-18(16)21(19)28-23/h3-8,10-11,15H,9,12H2,1-2H3,(H,25,26). The van der Waals surface area contributed by atoms with Gasteiger partial charge in [0.15, 0.2) is 0 Å². The number of amides is 1. The highest BCUT2D eigenvalue weighted by molar-refractivity contribution is 8.00. The summed E-state index contributed by atoms with van der Waals surface area (Å²) in [6.07, 6.45) is 1.77. The number of thiophene rings is 1. The lowest BCUT2D eigenvalue weighted by molar-refractivity contribution is -0.115. The summed E-state index contributed by atoms with van der Waals surface area (Å²) < 4.78 is 0. The Morgan fingerprint density at radius 2 is 1.93 bits per heavy atom. The molecule has 0 fully saturated rings. The first-order valence-corrected chi connectivity index (χ1v) is 10.9. The molecule has 1 N–H and O–H groups in total.